The monoisotopic (exact) mass is 256 g/mol. The molecule has 0 aromatic rings. The van der Waals surface area contributed by atoms with Crippen LogP contribution in [0.25, 0.3) is 0 Å². The molecule has 0 bridgehead atoms. The molecule has 0 aliphatic carbocycles. The van der Waals surface area contributed by atoms with Crippen molar-refractivity contribution in [1.29, 1.82) is 0 Å². The summed E-state index contributed by atoms with van der Waals surface area (Å²) in [6.07, 6.45) is 5.05. The van der Waals surface area contributed by atoms with Gasteiger partial charge in [0, 0.05) is 32.2 Å². The van der Waals surface area contributed by atoms with Crippen LogP contribution in [0, 0.1) is 0 Å². The van der Waals surface area contributed by atoms with E-state index in [2.05, 4.69) is 5.32 Å². The van der Waals surface area contributed by atoms with Crippen molar-refractivity contribution in [1.82, 2.24) is 10.2 Å². The van der Waals surface area contributed by atoms with Crippen LogP contribution in [0.4, 0.5) is 0 Å². The number of ether oxygens (including phenoxy) is 1. The van der Waals surface area contributed by atoms with Gasteiger partial charge in [-0.05, 0) is 46.6 Å². The van der Waals surface area contributed by atoms with E-state index in [1.54, 1.807) is 0 Å². The first-order valence-corrected chi connectivity index (χ1v) is 7.20. The van der Waals surface area contributed by atoms with Gasteiger partial charge in [0.25, 0.3) is 0 Å². The summed E-state index contributed by atoms with van der Waals surface area (Å²) in [5.74, 6) is 0.314. The maximum atomic E-state index is 12.0. The van der Waals surface area contributed by atoms with Crippen LogP contribution in [-0.4, -0.2) is 49.7 Å². The molecule has 1 rings (SSSR count). The van der Waals surface area contributed by atoms with Gasteiger partial charge in [-0.15, -0.1) is 0 Å². The molecule has 18 heavy (non-hydrogen) atoms. The number of likely N-dealkylation sites (tertiary alicyclic amines) is 1. The summed E-state index contributed by atoms with van der Waals surface area (Å²) in [4.78, 5) is 14.0. The molecule has 1 fully saturated rings. The van der Waals surface area contributed by atoms with Crippen molar-refractivity contribution in [2.75, 3.05) is 26.7 Å². The molecule has 0 aromatic carbocycles. The molecule has 1 aliphatic heterocycles. The number of carbonyl (C=O) groups is 1. The van der Waals surface area contributed by atoms with Gasteiger partial charge >= 0.3 is 0 Å². The first kappa shape index (κ1) is 15.4. The second-order valence-corrected chi connectivity index (χ2v) is 5.32. The van der Waals surface area contributed by atoms with Crippen LogP contribution in [0.2, 0.25) is 0 Å². The Balaban J connectivity index is 2.07. The van der Waals surface area contributed by atoms with Gasteiger partial charge in [0.15, 0.2) is 0 Å². The second kappa shape index (κ2) is 8.48. The maximum Gasteiger partial charge on any atom is 0.222 e. The van der Waals surface area contributed by atoms with Gasteiger partial charge in [0.1, 0.15) is 0 Å². The summed E-state index contributed by atoms with van der Waals surface area (Å²) in [5.41, 5.74) is 0. The number of nitrogens with zero attached hydrogens (tertiary/aromatic N) is 1. The fourth-order valence-corrected chi connectivity index (χ4v) is 2.27. The van der Waals surface area contributed by atoms with Gasteiger partial charge in [0.2, 0.25) is 5.91 Å². The molecule has 0 saturated carbocycles. The lowest BCUT2D eigenvalue weighted by molar-refractivity contribution is -0.132. The molecule has 1 amide bonds. The summed E-state index contributed by atoms with van der Waals surface area (Å²) < 4.78 is 5.46. The fraction of sp³-hybridized carbons (Fsp3) is 0.929. The molecule has 106 valence electrons. The van der Waals surface area contributed by atoms with Crippen LogP contribution in [-0.2, 0) is 9.53 Å². The molecule has 0 unspecified atom stereocenters. The average molecular weight is 256 g/mol. The normalized spacial score (nSPS) is 17.4. The zero-order valence-electron chi connectivity index (χ0n) is 12.1. The van der Waals surface area contributed by atoms with E-state index in [0.717, 1.165) is 45.4 Å². The highest BCUT2D eigenvalue weighted by atomic mass is 16.5. The Morgan fingerprint density at radius 3 is 2.56 bits per heavy atom. The van der Waals surface area contributed by atoms with Crippen LogP contribution in [0.1, 0.15) is 46.0 Å². The summed E-state index contributed by atoms with van der Waals surface area (Å²) in [5, 5.41) is 3.28. The average Bonchev–Trinajstić information content (AvgIpc) is 2.38. The van der Waals surface area contributed by atoms with Gasteiger partial charge in [-0.2, -0.15) is 0 Å². The lowest BCUT2D eigenvalue weighted by Gasteiger charge is -2.31. The van der Waals surface area contributed by atoms with Gasteiger partial charge in [-0.25, -0.2) is 0 Å². The summed E-state index contributed by atoms with van der Waals surface area (Å²) in [6, 6.07) is 0.591. The Morgan fingerprint density at radius 1 is 1.33 bits per heavy atom. The molecule has 0 atom stereocenters. The third kappa shape index (κ3) is 5.83. The molecule has 4 heteroatoms. The Labute approximate surface area is 111 Å². The Bertz CT molecular complexity index is 236. The number of nitrogens with one attached hydrogen (secondary N) is 1. The van der Waals surface area contributed by atoms with E-state index in [-0.39, 0.29) is 0 Å². The number of piperidine rings is 1. The van der Waals surface area contributed by atoms with E-state index in [0.29, 0.717) is 24.5 Å². The molecule has 1 aliphatic rings. The number of rotatable bonds is 7. The molecular weight excluding hydrogens is 228 g/mol. The minimum Gasteiger partial charge on any atom is -0.379 e. The first-order valence-electron chi connectivity index (χ1n) is 7.20. The topological polar surface area (TPSA) is 41.6 Å². The Morgan fingerprint density at radius 2 is 2.00 bits per heavy atom. The number of carbonyl (C=O) groups excluding carboxylic acids is 1. The molecule has 0 spiro atoms. The van der Waals surface area contributed by atoms with Crippen molar-refractivity contribution in [2.24, 2.45) is 0 Å². The van der Waals surface area contributed by atoms with Crippen molar-refractivity contribution >= 4 is 5.91 Å². The van der Waals surface area contributed by atoms with Gasteiger partial charge in [-0.1, -0.05) is 0 Å². The third-order valence-corrected chi connectivity index (χ3v) is 3.49. The van der Waals surface area contributed by atoms with Gasteiger partial charge in [-0.3, -0.25) is 4.79 Å². The third-order valence-electron chi connectivity index (χ3n) is 3.49. The van der Waals surface area contributed by atoms with Crippen LogP contribution in [0.5, 0.6) is 0 Å². The molecule has 1 saturated heterocycles. The zero-order valence-corrected chi connectivity index (χ0v) is 12.1. The molecular formula is C14H28N2O2. The van der Waals surface area contributed by atoms with E-state index >= 15 is 0 Å². The van der Waals surface area contributed by atoms with Crippen molar-refractivity contribution < 1.29 is 9.53 Å². The van der Waals surface area contributed by atoms with Crippen LogP contribution < -0.4 is 5.32 Å². The highest BCUT2D eigenvalue weighted by molar-refractivity contribution is 5.76. The minimum atomic E-state index is 0.293. The summed E-state index contributed by atoms with van der Waals surface area (Å²) >= 11 is 0. The number of hydrogen-bond acceptors (Lipinski definition) is 3. The number of unbranched alkanes of at least 4 members (excludes halogenated alkanes) is 1. The van der Waals surface area contributed by atoms with Crippen LogP contribution in [0.3, 0.4) is 0 Å². The van der Waals surface area contributed by atoms with E-state index < -0.39 is 0 Å². The smallest absolute Gasteiger partial charge is 0.222 e. The van der Waals surface area contributed by atoms with Crippen LogP contribution >= 0.6 is 0 Å². The van der Waals surface area contributed by atoms with E-state index in [9.17, 15) is 4.79 Å². The van der Waals surface area contributed by atoms with Crippen molar-refractivity contribution in [3.05, 3.63) is 0 Å². The highest BCUT2D eigenvalue weighted by Gasteiger charge is 2.20. The largest absolute Gasteiger partial charge is 0.379 e. The highest BCUT2D eigenvalue weighted by Crippen LogP contribution is 2.12. The van der Waals surface area contributed by atoms with Gasteiger partial charge < -0.3 is 15.0 Å². The standard InChI is InChI=1S/C14H28N2O2/c1-12(2)18-11-5-4-6-14(17)16-9-7-13(15-3)8-10-16/h12-13,15H,4-11H2,1-3H3. The predicted molar refractivity (Wildman–Crippen MR) is 73.6 cm³/mol. The van der Waals surface area contributed by atoms with Crippen molar-refractivity contribution in [2.45, 2.75) is 58.1 Å². The molecule has 0 radical (unpaired) electrons. The number of amides is 1. The first-order chi connectivity index (χ1) is 8.63. The maximum absolute atomic E-state index is 12.0. The summed E-state index contributed by atoms with van der Waals surface area (Å²) in [7, 11) is 2.00. The van der Waals surface area contributed by atoms with E-state index in [4.69, 9.17) is 4.74 Å². The molecule has 0 aromatic heterocycles. The molecule has 1 heterocycles. The predicted octanol–water partition coefficient (Wildman–Crippen LogP) is 1.79. The Hall–Kier alpha value is -0.610. The number of hydrogen-bond donors (Lipinski definition) is 1. The minimum absolute atomic E-state index is 0.293. The van der Waals surface area contributed by atoms with Gasteiger partial charge in [0.05, 0.1) is 6.10 Å². The fourth-order valence-electron chi connectivity index (χ4n) is 2.27. The Kier molecular flexibility index (Phi) is 7.28. The SMILES string of the molecule is CNC1CCN(C(=O)CCCCOC(C)C)CC1. The zero-order chi connectivity index (χ0) is 13.4. The van der Waals surface area contributed by atoms with Crippen LogP contribution in [0.15, 0.2) is 0 Å². The quantitative estimate of drug-likeness (QED) is 0.706. The van der Waals surface area contributed by atoms with E-state index in [1.807, 2.05) is 25.8 Å². The lowest BCUT2D eigenvalue weighted by Crippen LogP contribution is -2.43. The molecule has 1 N–H and O–H groups in total. The van der Waals surface area contributed by atoms with E-state index in [1.165, 1.54) is 0 Å². The van der Waals surface area contributed by atoms with Crippen molar-refractivity contribution in [3.8, 4) is 0 Å². The second-order valence-electron chi connectivity index (χ2n) is 5.32. The lowest BCUT2D eigenvalue weighted by atomic mass is 10.0. The summed E-state index contributed by atoms with van der Waals surface area (Å²) in [6.45, 7) is 6.67. The molecule has 4 nitrogen and oxygen atoms in total. The van der Waals surface area contributed by atoms with Crippen molar-refractivity contribution in [3.63, 3.8) is 0 Å².